The summed E-state index contributed by atoms with van der Waals surface area (Å²) in [5, 5.41) is 7.05. The predicted octanol–water partition coefficient (Wildman–Crippen LogP) is 31.0. The molecule has 26 rings (SSSR count). The van der Waals surface area contributed by atoms with Crippen molar-refractivity contribution in [3.63, 3.8) is 0 Å². The Kier molecular flexibility index (Phi) is 23.3. The molecule has 0 bridgehead atoms. The minimum absolute atomic E-state index is 0.499. The lowest BCUT2D eigenvalue weighted by Crippen LogP contribution is -2.31. The molecule has 0 aliphatic carbocycles. The Morgan fingerprint density at radius 3 is 0.650 bits per heavy atom. The van der Waals surface area contributed by atoms with Crippen LogP contribution in [0.5, 0.6) is 0 Å². The van der Waals surface area contributed by atoms with Gasteiger partial charge in [0.25, 0.3) is 0 Å². The van der Waals surface area contributed by atoms with Crippen molar-refractivity contribution >= 4 is 65.4 Å². The van der Waals surface area contributed by atoms with Gasteiger partial charge in [-0.1, -0.05) is 479 Å². The molecule has 20 aromatic carbocycles. The largest absolute Gasteiger partial charge is 0.309 e. The second kappa shape index (κ2) is 38.4. The van der Waals surface area contributed by atoms with Crippen molar-refractivity contribution < 1.29 is 0 Å². The van der Waals surface area contributed by atoms with Gasteiger partial charge in [-0.05, 0) is 122 Å². The summed E-state index contributed by atoms with van der Waals surface area (Å²) in [5.74, 6) is 5.66. The minimum atomic E-state index is -0.594. The van der Waals surface area contributed by atoms with Gasteiger partial charge in [0.2, 0.25) is 11.9 Å². The van der Waals surface area contributed by atoms with Crippen LogP contribution in [0.15, 0.2) is 546 Å². The molecule has 0 atom stereocenters. The van der Waals surface area contributed by atoms with Gasteiger partial charge in [-0.15, -0.1) is 0 Å². The topological polar surface area (TPSA) is 131 Å². The normalized spacial score (nSPS) is 11.5. The Labute approximate surface area is 828 Å². The fourth-order valence-electron chi connectivity index (χ4n) is 20.5. The molecule has 0 amide bonds. The Balaban J connectivity index is 0.000000118. The molecule has 0 spiro atoms. The van der Waals surface area contributed by atoms with Crippen LogP contribution in [-0.2, 0) is 10.8 Å². The fraction of sp³-hybridized carbons (Fsp3) is 0.0153. The van der Waals surface area contributed by atoms with Crippen LogP contribution in [0.4, 0.5) is 0 Å². The number of hydrogen-bond acceptors (Lipinski definition) is 9. The highest BCUT2D eigenvalue weighted by Gasteiger charge is 2.41. The number of para-hydroxylation sites is 4. The van der Waals surface area contributed by atoms with Gasteiger partial charge in [0.05, 0.1) is 43.9 Å². The Morgan fingerprint density at radius 2 is 0.336 bits per heavy atom. The Hall–Kier alpha value is -19.2. The van der Waals surface area contributed by atoms with Crippen LogP contribution in [0, 0.1) is 0 Å². The van der Waals surface area contributed by atoms with E-state index in [1.165, 1.54) is 60.8 Å². The molecule has 6 heterocycles. The smallest absolute Gasteiger partial charge is 0.238 e. The lowest BCUT2D eigenvalue weighted by molar-refractivity contribution is 0.745. The van der Waals surface area contributed by atoms with Gasteiger partial charge in [0, 0.05) is 76.9 Å². The summed E-state index contributed by atoms with van der Waals surface area (Å²) in [4.78, 5) is 45.0. The number of nitrogens with zero attached hydrogens (tertiary/aromatic N) is 12. The van der Waals surface area contributed by atoms with Gasteiger partial charge in [0.15, 0.2) is 40.8 Å². The molecule has 6 aromatic heterocycles. The van der Waals surface area contributed by atoms with Crippen molar-refractivity contribution in [3.8, 4) is 108 Å². The number of fused-ring (bicyclic) bond motifs is 9. The van der Waals surface area contributed by atoms with E-state index in [-0.39, 0.29) is 0 Å². The lowest BCUT2D eigenvalue weighted by Gasteiger charge is -2.37. The Bertz CT molecular complexity index is 8580. The number of hydrogen-bond donors (Lipinski definition) is 0. The summed E-state index contributed by atoms with van der Waals surface area (Å²) in [5.41, 5.74) is 25.0. The van der Waals surface area contributed by atoms with Crippen molar-refractivity contribution in [1.29, 1.82) is 0 Å². The maximum absolute atomic E-state index is 5.18. The van der Waals surface area contributed by atoms with Gasteiger partial charge >= 0.3 is 0 Å². The van der Waals surface area contributed by atoms with Crippen LogP contribution in [0.25, 0.3) is 174 Å². The SMILES string of the molecule is c1ccc(-c2nc(-c3ccccc3)nc(-c3ccc(-n4c5ccccc5c5ccccc54)cc3)n2)cc1.c1ccc(-c2nc(-c3ccccc3)nc(-n3c4ccccc4c4cc(-c5ccc(C(c6ccccc6)(c6ccccc6)c6ccccc6)cc5)ccc43)n2)cc1.c1ccc(-c2nc(-c3ccccc3)nc(-n3c4ccccc4c4ccc(C(c5ccccc5)(c5ccccc5)c5ccccc5)cc43)n2)cc1. The van der Waals surface area contributed by atoms with Crippen LogP contribution in [0.2, 0.25) is 0 Å². The molecule has 12 heteroatoms. The zero-order valence-corrected chi connectivity index (χ0v) is 77.8. The minimum Gasteiger partial charge on any atom is -0.309 e. The van der Waals surface area contributed by atoms with E-state index in [4.69, 9.17) is 44.9 Å². The number of benzene rings is 20. The summed E-state index contributed by atoms with van der Waals surface area (Å²) in [6.45, 7) is 0. The zero-order chi connectivity index (χ0) is 95.3. The Morgan fingerprint density at radius 1 is 0.126 bits per heavy atom. The summed E-state index contributed by atoms with van der Waals surface area (Å²) in [7, 11) is 0. The van der Waals surface area contributed by atoms with E-state index in [9.17, 15) is 0 Å². The molecular formula is C131H90N12. The van der Waals surface area contributed by atoms with E-state index in [2.05, 4.69) is 378 Å². The highest BCUT2D eigenvalue weighted by molar-refractivity contribution is 6.12. The average molecular weight is 1830 g/mol. The molecular weight excluding hydrogens is 1740 g/mol. The first-order chi connectivity index (χ1) is 70.9. The summed E-state index contributed by atoms with van der Waals surface area (Å²) < 4.78 is 6.69. The second-order valence-electron chi connectivity index (χ2n) is 35.4. The first-order valence-electron chi connectivity index (χ1n) is 48.1. The third kappa shape index (κ3) is 16.4. The molecule has 0 radical (unpaired) electrons. The van der Waals surface area contributed by atoms with Gasteiger partial charge in [-0.3, -0.25) is 9.13 Å². The standard InChI is InChI=1S/C52H36N4.C46H32N4.C33H22N4/c1-6-18-38(19-7-1)49-53-50(39-20-8-2-9-21-39)55-51(54-49)56-47-29-17-16-28-45(47)46-36-40(32-35-48(46)56)37-30-33-44(34-31-37)52(41-22-10-3-11-23-41,42-24-12-4-13-25-42)43-26-14-5-15-27-43;1-6-18-33(19-7-1)43-47-44(34-20-8-2-9-21-34)49-45(48-43)50-41-29-17-16-28-39(41)40-31-30-38(32-42(40)50)46(35-22-10-3-11-23-35,36-24-12-4-13-25-36)37-26-14-5-15-27-37;1-3-11-23(12-4-1)31-34-32(24-13-5-2-6-14-24)36-33(35-31)25-19-21-26(22-20-25)37-29-17-9-7-15-27(29)28-16-8-10-18-30(28)37/h1-36H;1-32H;1-22H. The van der Waals surface area contributed by atoms with E-state index < -0.39 is 10.8 Å². The highest BCUT2D eigenvalue weighted by Crippen LogP contribution is 2.50. The molecule has 12 nitrogen and oxygen atoms in total. The highest BCUT2D eigenvalue weighted by atomic mass is 15.2. The average Bonchev–Trinajstić information content (AvgIpc) is 1.46. The van der Waals surface area contributed by atoms with Crippen LogP contribution < -0.4 is 0 Å². The zero-order valence-electron chi connectivity index (χ0n) is 77.8. The van der Waals surface area contributed by atoms with Gasteiger partial charge in [-0.25, -0.2) is 24.9 Å². The fourth-order valence-corrected chi connectivity index (χ4v) is 20.5. The van der Waals surface area contributed by atoms with Crippen molar-refractivity contribution in [3.05, 3.63) is 590 Å². The molecule has 0 fully saturated rings. The quantitative estimate of drug-likeness (QED) is 0.0726. The van der Waals surface area contributed by atoms with Crippen molar-refractivity contribution in [1.82, 2.24) is 58.6 Å². The third-order valence-corrected chi connectivity index (χ3v) is 27.1. The summed E-state index contributed by atoms with van der Waals surface area (Å²) in [6.07, 6.45) is 0. The summed E-state index contributed by atoms with van der Waals surface area (Å²) in [6, 6.07) is 191. The van der Waals surface area contributed by atoms with Gasteiger partial charge in [0.1, 0.15) is 0 Å². The van der Waals surface area contributed by atoms with Crippen LogP contribution in [-0.4, -0.2) is 58.6 Å². The van der Waals surface area contributed by atoms with Crippen molar-refractivity contribution in [2.24, 2.45) is 0 Å². The molecule has 0 aliphatic rings. The van der Waals surface area contributed by atoms with Crippen LogP contribution in [0.1, 0.15) is 44.5 Å². The maximum Gasteiger partial charge on any atom is 0.238 e. The van der Waals surface area contributed by atoms with Gasteiger partial charge < -0.3 is 4.57 Å². The molecule has 0 N–H and O–H groups in total. The first kappa shape index (κ1) is 86.7. The van der Waals surface area contributed by atoms with Gasteiger partial charge in [-0.2, -0.15) is 19.9 Å². The lowest BCUT2D eigenvalue weighted by atomic mass is 9.65. The maximum atomic E-state index is 5.18. The second-order valence-corrected chi connectivity index (χ2v) is 35.4. The first-order valence-corrected chi connectivity index (χ1v) is 48.1. The predicted molar refractivity (Wildman–Crippen MR) is 583 cm³/mol. The van der Waals surface area contributed by atoms with E-state index in [1.807, 2.05) is 182 Å². The molecule has 0 saturated heterocycles. The molecule has 0 saturated carbocycles. The van der Waals surface area contributed by atoms with Crippen molar-refractivity contribution in [2.45, 2.75) is 10.8 Å². The van der Waals surface area contributed by atoms with Crippen LogP contribution in [0.3, 0.4) is 0 Å². The molecule has 26 aromatic rings. The van der Waals surface area contributed by atoms with Crippen LogP contribution >= 0.6 is 0 Å². The number of rotatable bonds is 19. The van der Waals surface area contributed by atoms with E-state index in [1.54, 1.807) is 0 Å². The third-order valence-electron chi connectivity index (χ3n) is 27.1. The van der Waals surface area contributed by atoms with Crippen molar-refractivity contribution in [2.75, 3.05) is 0 Å². The van der Waals surface area contributed by atoms with E-state index in [0.717, 1.165) is 105 Å². The summed E-state index contributed by atoms with van der Waals surface area (Å²) >= 11 is 0. The molecule has 674 valence electrons. The molecule has 0 unspecified atom stereocenters. The van der Waals surface area contributed by atoms with E-state index in [0.29, 0.717) is 52.7 Å². The molecule has 0 aliphatic heterocycles. The number of aromatic nitrogens is 12. The van der Waals surface area contributed by atoms with E-state index >= 15 is 0 Å². The molecule has 143 heavy (non-hydrogen) atoms. The monoisotopic (exact) mass is 1830 g/mol.